The van der Waals surface area contributed by atoms with Gasteiger partial charge in [-0.2, -0.15) is 0 Å². The third kappa shape index (κ3) is 2.20. The number of hydrogen-bond acceptors (Lipinski definition) is 1. The zero-order chi connectivity index (χ0) is 10.1. The van der Waals surface area contributed by atoms with Crippen molar-refractivity contribution in [1.82, 2.24) is 9.55 Å². The molecule has 1 heterocycles. The fourth-order valence-electron chi connectivity index (χ4n) is 1.82. The first-order chi connectivity index (χ1) is 6.68. The molecule has 0 saturated carbocycles. The number of benzene rings is 1. The van der Waals surface area contributed by atoms with E-state index < -0.39 is 0 Å². The van der Waals surface area contributed by atoms with Crippen LogP contribution in [0.15, 0.2) is 24.5 Å². The molecule has 15 heavy (non-hydrogen) atoms. The Labute approximate surface area is 91.9 Å². The SMILES string of the molecule is C.CC(C)Cc1cccc2c1ncn2C. The molecule has 2 rings (SSSR count). The molecule has 82 valence electrons. The van der Waals surface area contributed by atoms with E-state index >= 15 is 0 Å². The van der Waals surface area contributed by atoms with E-state index in [1.807, 2.05) is 13.4 Å². The average molecular weight is 204 g/mol. The van der Waals surface area contributed by atoms with Gasteiger partial charge in [-0.3, -0.25) is 0 Å². The summed E-state index contributed by atoms with van der Waals surface area (Å²) in [5, 5.41) is 0. The fourth-order valence-corrected chi connectivity index (χ4v) is 1.82. The lowest BCUT2D eigenvalue weighted by molar-refractivity contribution is 0.649. The third-order valence-electron chi connectivity index (χ3n) is 2.47. The van der Waals surface area contributed by atoms with Crippen molar-refractivity contribution in [2.45, 2.75) is 27.7 Å². The number of hydrogen-bond donors (Lipinski definition) is 0. The molecule has 0 radical (unpaired) electrons. The molecule has 0 amide bonds. The van der Waals surface area contributed by atoms with Crippen molar-refractivity contribution in [2.75, 3.05) is 0 Å². The summed E-state index contributed by atoms with van der Waals surface area (Å²) in [7, 11) is 2.04. The smallest absolute Gasteiger partial charge is 0.0955 e. The number of fused-ring (bicyclic) bond motifs is 1. The topological polar surface area (TPSA) is 17.8 Å². The molecule has 2 aromatic rings. The minimum Gasteiger partial charge on any atom is -0.334 e. The summed E-state index contributed by atoms with van der Waals surface area (Å²) in [6.07, 6.45) is 2.99. The largest absolute Gasteiger partial charge is 0.334 e. The van der Waals surface area contributed by atoms with Crippen LogP contribution in [-0.2, 0) is 13.5 Å². The minimum absolute atomic E-state index is 0. The molecule has 0 atom stereocenters. The van der Waals surface area contributed by atoms with Gasteiger partial charge in [-0.05, 0) is 24.0 Å². The quantitative estimate of drug-likeness (QED) is 0.733. The molecule has 0 aliphatic carbocycles. The zero-order valence-corrected chi connectivity index (χ0v) is 8.99. The van der Waals surface area contributed by atoms with Gasteiger partial charge in [0, 0.05) is 7.05 Å². The normalized spacial score (nSPS) is 10.7. The van der Waals surface area contributed by atoms with Crippen molar-refractivity contribution >= 4 is 11.0 Å². The Balaban J connectivity index is 0.00000112. The molecular formula is C13H20N2. The molecule has 0 spiro atoms. The van der Waals surface area contributed by atoms with Gasteiger partial charge < -0.3 is 4.57 Å². The van der Waals surface area contributed by atoms with Gasteiger partial charge in [-0.1, -0.05) is 33.4 Å². The number of aryl methyl sites for hydroxylation is 1. The number of nitrogens with zero attached hydrogens (tertiary/aromatic N) is 2. The van der Waals surface area contributed by atoms with E-state index in [2.05, 4.69) is 41.6 Å². The molecule has 2 heteroatoms. The van der Waals surface area contributed by atoms with Gasteiger partial charge in [0.15, 0.2) is 0 Å². The molecule has 1 aromatic heterocycles. The highest BCUT2D eigenvalue weighted by molar-refractivity contribution is 5.78. The summed E-state index contributed by atoms with van der Waals surface area (Å²) >= 11 is 0. The number of aromatic nitrogens is 2. The lowest BCUT2D eigenvalue weighted by Crippen LogP contribution is -1.95. The second-order valence-corrected chi connectivity index (χ2v) is 4.24. The monoisotopic (exact) mass is 204 g/mol. The van der Waals surface area contributed by atoms with E-state index in [4.69, 9.17) is 0 Å². The van der Waals surface area contributed by atoms with Gasteiger partial charge in [0.25, 0.3) is 0 Å². The Morgan fingerprint density at radius 3 is 2.73 bits per heavy atom. The van der Waals surface area contributed by atoms with E-state index in [1.165, 1.54) is 11.1 Å². The summed E-state index contributed by atoms with van der Waals surface area (Å²) < 4.78 is 2.07. The van der Waals surface area contributed by atoms with Crippen molar-refractivity contribution in [2.24, 2.45) is 13.0 Å². The van der Waals surface area contributed by atoms with Gasteiger partial charge in [0.05, 0.1) is 17.4 Å². The van der Waals surface area contributed by atoms with Crippen molar-refractivity contribution in [1.29, 1.82) is 0 Å². The molecule has 0 unspecified atom stereocenters. The number of rotatable bonds is 2. The predicted molar refractivity (Wildman–Crippen MR) is 66.0 cm³/mol. The van der Waals surface area contributed by atoms with Gasteiger partial charge in [-0.25, -0.2) is 4.98 Å². The zero-order valence-electron chi connectivity index (χ0n) is 8.99. The van der Waals surface area contributed by atoms with Crippen LogP contribution in [0.1, 0.15) is 26.8 Å². The van der Waals surface area contributed by atoms with Crippen molar-refractivity contribution in [3.63, 3.8) is 0 Å². The molecule has 2 nitrogen and oxygen atoms in total. The first-order valence-electron chi connectivity index (χ1n) is 5.07. The Kier molecular flexibility index (Phi) is 3.51. The molecule has 0 aliphatic heterocycles. The van der Waals surface area contributed by atoms with Crippen LogP contribution < -0.4 is 0 Å². The van der Waals surface area contributed by atoms with Crippen molar-refractivity contribution in [3.8, 4) is 0 Å². The van der Waals surface area contributed by atoms with Crippen LogP contribution >= 0.6 is 0 Å². The van der Waals surface area contributed by atoms with Crippen molar-refractivity contribution < 1.29 is 0 Å². The van der Waals surface area contributed by atoms with Crippen LogP contribution in [-0.4, -0.2) is 9.55 Å². The predicted octanol–water partition coefficient (Wildman–Crippen LogP) is 3.41. The first kappa shape index (κ1) is 11.8. The van der Waals surface area contributed by atoms with Gasteiger partial charge >= 0.3 is 0 Å². The maximum Gasteiger partial charge on any atom is 0.0955 e. The summed E-state index contributed by atoms with van der Waals surface area (Å²) in [6, 6.07) is 6.41. The van der Waals surface area contributed by atoms with Crippen molar-refractivity contribution in [3.05, 3.63) is 30.1 Å². The second-order valence-electron chi connectivity index (χ2n) is 4.24. The van der Waals surface area contributed by atoms with E-state index in [1.54, 1.807) is 0 Å². The van der Waals surface area contributed by atoms with Gasteiger partial charge in [0.2, 0.25) is 0 Å². The van der Waals surface area contributed by atoms with Crippen LogP contribution in [0.5, 0.6) is 0 Å². The highest BCUT2D eigenvalue weighted by atomic mass is 15.0. The number of imidazole rings is 1. The summed E-state index contributed by atoms with van der Waals surface area (Å²) in [5.74, 6) is 0.683. The maximum absolute atomic E-state index is 4.43. The first-order valence-corrected chi connectivity index (χ1v) is 5.07. The number of para-hydroxylation sites is 1. The van der Waals surface area contributed by atoms with E-state index in [-0.39, 0.29) is 7.43 Å². The van der Waals surface area contributed by atoms with Crippen LogP contribution in [0.4, 0.5) is 0 Å². The van der Waals surface area contributed by atoms with Crippen LogP contribution in [0, 0.1) is 5.92 Å². The molecule has 0 aliphatic rings. The standard InChI is InChI=1S/C12H16N2.CH4/c1-9(2)7-10-5-4-6-11-12(10)13-8-14(11)3;/h4-6,8-9H,7H2,1-3H3;1H4. The van der Waals surface area contributed by atoms with Crippen LogP contribution in [0.3, 0.4) is 0 Å². The third-order valence-corrected chi connectivity index (χ3v) is 2.47. The second kappa shape index (κ2) is 4.47. The fraction of sp³-hybridized carbons (Fsp3) is 0.462. The molecule has 0 bridgehead atoms. The summed E-state index contributed by atoms with van der Waals surface area (Å²) in [6.45, 7) is 4.48. The van der Waals surface area contributed by atoms with E-state index in [0.717, 1.165) is 11.9 Å². The Hall–Kier alpha value is -1.31. The van der Waals surface area contributed by atoms with Gasteiger partial charge in [0.1, 0.15) is 0 Å². The maximum atomic E-state index is 4.43. The van der Waals surface area contributed by atoms with Crippen LogP contribution in [0.2, 0.25) is 0 Å². The molecule has 1 aromatic carbocycles. The molecule has 0 fully saturated rings. The molecule has 0 N–H and O–H groups in total. The Morgan fingerprint density at radius 1 is 1.33 bits per heavy atom. The highest BCUT2D eigenvalue weighted by Crippen LogP contribution is 2.19. The average Bonchev–Trinajstić information content (AvgIpc) is 2.49. The Bertz CT molecular complexity index is 441. The Morgan fingerprint density at radius 2 is 2.07 bits per heavy atom. The van der Waals surface area contributed by atoms with E-state index in [9.17, 15) is 0 Å². The van der Waals surface area contributed by atoms with Crippen LogP contribution in [0.25, 0.3) is 11.0 Å². The summed E-state index contributed by atoms with van der Waals surface area (Å²) in [5.41, 5.74) is 3.74. The lowest BCUT2D eigenvalue weighted by Gasteiger charge is -2.05. The van der Waals surface area contributed by atoms with Gasteiger partial charge in [-0.15, -0.1) is 0 Å². The molecule has 0 saturated heterocycles. The lowest BCUT2D eigenvalue weighted by atomic mass is 10.0. The van der Waals surface area contributed by atoms with E-state index in [0.29, 0.717) is 5.92 Å². The highest BCUT2D eigenvalue weighted by Gasteiger charge is 2.06. The minimum atomic E-state index is 0. The summed E-state index contributed by atoms with van der Waals surface area (Å²) in [4.78, 5) is 4.43. The molecular weight excluding hydrogens is 184 g/mol.